The third-order valence-corrected chi connectivity index (χ3v) is 4.71. The lowest BCUT2D eigenvalue weighted by Gasteiger charge is -2.25. The van der Waals surface area contributed by atoms with E-state index in [0.717, 1.165) is 11.6 Å². The Morgan fingerprint density at radius 1 is 1.73 bits per heavy atom. The Morgan fingerprint density at radius 2 is 2.53 bits per heavy atom. The molecule has 0 spiro atoms. The quantitative estimate of drug-likeness (QED) is 0.814. The van der Waals surface area contributed by atoms with Crippen LogP contribution in [0.25, 0.3) is 0 Å². The first kappa shape index (κ1) is 10.9. The van der Waals surface area contributed by atoms with Crippen LogP contribution in [-0.4, -0.2) is 27.2 Å². The molecule has 0 aliphatic carbocycles. The van der Waals surface area contributed by atoms with Crippen molar-refractivity contribution in [2.75, 3.05) is 10.7 Å². The maximum Gasteiger partial charge on any atom is 0.239 e. The summed E-state index contributed by atoms with van der Waals surface area (Å²) in [6.07, 6.45) is 1.07. The van der Waals surface area contributed by atoms with E-state index in [1.54, 1.807) is 22.2 Å². The number of aromatic nitrogens is 2. The molecule has 0 radical (unpaired) electrons. The van der Waals surface area contributed by atoms with Crippen LogP contribution in [0.2, 0.25) is 0 Å². The van der Waals surface area contributed by atoms with Crippen LogP contribution >= 0.6 is 23.1 Å². The van der Waals surface area contributed by atoms with E-state index in [4.69, 9.17) is 0 Å². The van der Waals surface area contributed by atoms with Gasteiger partial charge in [-0.05, 0) is 5.92 Å². The van der Waals surface area contributed by atoms with Crippen LogP contribution in [0.4, 0.5) is 5.13 Å². The molecular formula is C9H13N3OS2. The van der Waals surface area contributed by atoms with Gasteiger partial charge in [0.2, 0.25) is 11.0 Å². The summed E-state index contributed by atoms with van der Waals surface area (Å²) in [6.45, 7) is 4.32. The molecule has 15 heavy (non-hydrogen) atoms. The lowest BCUT2D eigenvalue weighted by Crippen LogP contribution is -2.36. The normalized spacial score (nSPS) is 23.5. The smallest absolute Gasteiger partial charge is 0.239 e. The Morgan fingerprint density at radius 3 is 3.13 bits per heavy atom. The number of carbonyl (C=O) groups excluding carboxylic acids is 1. The molecule has 6 heteroatoms. The molecule has 2 heterocycles. The van der Waals surface area contributed by atoms with Crippen LogP contribution < -0.4 is 4.90 Å². The fourth-order valence-corrected chi connectivity index (χ4v) is 3.57. The molecule has 1 aliphatic heterocycles. The largest absolute Gasteiger partial charge is 0.273 e. The Hall–Kier alpha value is -0.620. The molecule has 0 saturated carbocycles. The molecule has 4 nitrogen and oxygen atoms in total. The van der Waals surface area contributed by atoms with E-state index < -0.39 is 0 Å². The van der Waals surface area contributed by atoms with Crippen LogP contribution in [0.5, 0.6) is 0 Å². The lowest BCUT2D eigenvalue weighted by atomic mass is 10.1. The van der Waals surface area contributed by atoms with E-state index in [9.17, 15) is 4.79 Å². The second-order valence-electron chi connectivity index (χ2n) is 3.57. The minimum absolute atomic E-state index is 0.155. The van der Waals surface area contributed by atoms with Crippen molar-refractivity contribution >= 4 is 34.1 Å². The van der Waals surface area contributed by atoms with Gasteiger partial charge in [0.05, 0.1) is 11.1 Å². The molecule has 1 amide bonds. The number of amides is 1. The van der Waals surface area contributed by atoms with E-state index in [-0.39, 0.29) is 11.3 Å². The Balaban J connectivity index is 2.23. The number of hydrogen-bond donors (Lipinski definition) is 0. The maximum atomic E-state index is 11.7. The Bertz CT molecular complexity index is 341. The van der Waals surface area contributed by atoms with Crippen molar-refractivity contribution in [1.29, 1.82) is 0 Å². The van der Waals surface area contributed by atoms with Gasteiger partial charge < -0.3 is 0 Å². The third-order valence-electron chi connectivity index (χ3n) is 2.59. The molecule has 0 aromatic carbocycles. The molecule has 2 rings (SSSR count). The summed E-state index contributed by atoms with van der Waals surface area (Å²) < 4.78 is 0. The highest BCUT2D eigenvalue weighted by Gasteiger charge is 2.37. The minimum Gasteiger partial charge on any atom is -0.273 e. The fraction of sp³-hybridized carbons (Fsp3) is 0.667. The van der Waals surface area contributed by atoms with Crippen molar-refractivity contribution in [3.8, 4) is 0 Å². The van der Waals surface area contributed by atoms with Crippen LogP contribution in [0.1, 0.15) is 20.3 Å². The zero-order valence-electron chi connectivity index (χ0n) is 8.71. The van der Waals surface area contributed by atoms with Gasteiger partial charge in [-0.15, -0.1) is 22.0 Å². The summed E-state index contributed by atoms with van der Waals surface area (Å²) in [4.78, 5) is 13.5. The maximum absolute atomic E-state index is 11.7. The SMILES string of the molecule is CC[C@@H](C)[C@H]1SCC(=O)N1c1nncs1. The topological polar surface area (TPSA) is 46.1 Å². The van der Waals surface area contributed by atoms with Gasteiger partial charge in [0.15, 0.2) is 0 Å². The second kappa shape index (κ2) is 4.49. The molecule has 1 fully saturated rings. The van der Waals surface area contributed by atoms with Gasteiger partial charge in [0.1, 0.15) is 5.51 Å². The molecule has 82 valence electrons. The predicted octanol–water partition coefficient (Wildman–Crippen LogP) is 1.99. The van der Waals surface area contributed by atoms with Crippen molar-refractivity contribution < 1.29 is 4.79 Å². The van der Waals surface area contributed by atoms with Crippen LogP contribution in [0, 0.1) is 5.92 Å². The summed E-state index contributed by atoms with van der Waals surface area (Å²) in [5.41, 5.74) is 1.67. The molecule has 1 aromatic heterocycles. The Kier molecular flexibility index (Phi) is 3.25. The first-order valence-electron chi connectivity index (χ1n) is 4.94. The van der Waals surface area contributed by atoms with Gasteiger partial charge in [-0.1, -0.05) is 31.6 Å². The number of rotatable bonds is 3. The van der Waals surface area contributed by atoms with E-state index in [0.29, 0.717) is 11.7 Å². The van der Waals surface area contributed by atoms with Gasteiger partial charge in [0.25, 0.3) is 0 Å². The predicted molar refractivity (Wildman–Crippen MR) is 63.1 cm³/mol. The molecule has 1 saturated heterocycles. The van der Waals surface area contributed by atoms with E-state index in [1.165, 1.54) is 11.3 Å². The first-order chi connectivity index (χ1) is 7.24. The van der Waals surface area contributed by atoms with Crippen LogP contribution in [0.15, 0.2) is 5.51 Å². The average Bonchev–Trinajstić information content (AvgIpc) is 2.85. The third kappa shape index (κ3) is 2.01. The fourth-order valence-electron chi connectivity index (χ4n) is 1.55. The number of nitrogens with zero attached hydrogens (tertiary/aromatic N) is 3. The zero-order valence-corrected chi connectivity index (χ0v) is 10.3. The van der Waals surface area contributed by atoms with E-state index in [2.05, 4.69) is 24.0 Å². The molecule has 0 unspecified atom stereocenters. The summed E-state index contributed by atoms with van der Waals surface area (Å²) in [5.74, 6) is 1.21. The number of carbonyl (C=O) groups is 1. The molecule has 0 bridgehead atoms. The van der Waals surface area contributed by atoms with Gasteiger partial charge in [-0.2, -0.15) is 0 Å². The van der Waals surface area contributed by atoms with Gasteiger partial charge in [0, 0.05) is 0 Å². The molecule has 2 atom stereocenters. The molecule has 1 aliphatic rings. The zero-order chi connectivity index (χ0) is 10.8. The summed E-state index contributed by atoms with van der Waals surface area (Å²) >= 11 is 3.13. The Labute approximate surface area is 97.1 Å². The number of anilines is 1. The van der Waals surface area contributed by atoms with Gasteiger partial charge in [-0.25, -0.2) is 0 Å². The first-order valence-corrected chi connectivity index (χ1v) is 6.86. The standard InChI is InChI=1S/C9H13N3OS2/c1-3-6(2)8-12(7(13)4-14-8)9-11-10-5-15-9/h5-6,8H,3-4H2,1-2H3/t6-,8-/m1/s1. The minimum atomic E-state index is 0.155. The summed E-state index contributed by atoms with van der Waals surface area (Å²) in [5, 5.41) is 8.73. The summed E-state index contributed by atoms with van der Waals surface area (Å²) in [7, 11) is 0. The van der Waals surface area contributed by atoms with E-state index in [1.807, 2.05) is 0 Å². The van der Waals surface area contributed by atoms with Gasteiger partial charge in [-0.3, -0.25) is 9.69 Å². The van der Waals surface area contributed by atoms with Crippen molar-refractivity contribution in [2.45, 2.75) is 25.6 Å². The van der Waals surface area contributed by atoms with Crippen molar-refractivity contribution in [3.05, 3.63) is 5.51 Å². The number of hydrogen-bond acceptors (Lipinski definition) is 5. The highest BCUT2D eigenvalue weighted by molar-refractivity contribution is 8.01. The monoisotopic (exact) mass is 243 g/mol. The van der Waals surface area contributed by atoms with E-state index >= 15 is 0 Å². The second-order valence-corrected chi connectivity index (χ2v) is 5.49. The highest BCUT2D eigenvalue weighted by atomic mass is 32.2. The van der Waals surface area contributed by atoms with Gasteiger partial charge >= 0.3 is 0 Å². The lowest BCUT2D eigenvalue weighted by molar-refractivity contribution is -0.116. The average molecular weight is 243 g/mol. The number of thioether (sulfide) groups is 1. The highest BCUT2D eigenvalue weighted by Crippen LogP contribution is 2.36. The van der Waals surface area contributed by atoms with Crippen molar-refractivity contribution in [2.24, 2.45) is 5.92 Å². The van der Waals surface area contributed by atoms with Crippen LogP contribution in [0.3, 0.4) is 0 Å². The summed E-state index contributed by atoms with van der Waals surface area (Å²) in [6, 6.07) is 0. The van der Waals surface area contributed by atoms with Crippen LogP contribution in [-0.2, 0) is 4.79 Å². The van der Waals surface area contributed by atoms with Crippen molar-refractivity contribution in [1.82, 2.24) is 10.2 Å². The molecule has 1 aromatic rings. The molecular weight excluding hydrogens is 230 g/mol. The van der Waals surface area contributed by atoms with Crippen molar-refractivity contribution in [3.63, 3.8) is 0 Å². The molecule has 0 N–H and O–H groups in total.